The van der Waals surface area contributed by atoms with E-state index in [0.29, 0.717) is 25.7 Å². The number of nitrogens with two attached hydrogens (primary N) is 1. The first-order valence-electron chi connectivity index (χ1n) is 8.51. The summed E-state index contributed by atoms with van der Waals surface area (Å²) in [5, 5.41) is 0. The lowest BCUT2D eigenvalue weighted by Gasteiger charge is -2.29. The lowest BCUT2D eigenvalue weighted by molar-refractivity contribution is 0.171. The summed E-state index contributed by atoms with van der Waals surface area (Å²) in [6.45, 7) is 8.31. The Bertz CT molecular complexity index is 584. The molecule has 0 unspecified atom stereocenters. The number of benzene rings is 1. The van der Waals surface area contributed by atoms with Crippen LogP contribution in [0, 0.1) is 0 Å². The molecule has 0 amide bonds. The van der Waals surface area contributed by atoms with Crippen molar-refractivity contribution in [2.45, 2.75) is 38.5 Å². The maximum absolute atomic E-state index is 6.18. The zero-order valence-electron chi connectivity index (χ0n) is 14.6. The molecule has 0 atom stereocenters. The zero-order valence-corrected chi connectivity index (χ0v) is 16.9. The Morgan fingerprint density at radius 1 is 1.12 bits per heavy atom. The molecule has 2 aliphatic heterocycles. The van der Waals surface area contributed by atoms with E-state index in [1.54, 1.807) is 0 Å². The van der Waals surface area contributed by atoms with Gasteiger partial charge in [0.05, 0.1) is 6.54 Å². The molecule has 0 spiro atoms. The number of halogens is 1. The Kier molecular flexibility index (Phi) is 6.60. The number of guanidine groups is 1. The molecule has 1 saturated heterocycles. The van der Waals surface area contributed by atoms with Gasteiger partial charge >= 0.3 is 0 Å². The van der Waals surface area contributed by atoms with Gasteiger partial charge in [-0.05, 0) is 37.0 Å². The number of piperidine rings is 1. The fraction of sp³-hybridized carbons (Fsp3) is 0.611. The monoisotopic (exact) mass is 445 g/mol. The van der Waals surface area contributed by atoms with Crippen molar-refractivity contribution in [1.82, 2.24) is 4.90 Å². The molecule has 1 aromatic rings. The molecule has 1 fully saturated rings. The molecular weight excluding hydrogens is 417 g/mol. The van der Waals surface area contributed by atoms with E-state index in [4.69, 9.17) is 15.2 Å². The number of ether oxygens (including phenoxy) is 2. The normalized spacial score (nSPS) is 18.1. The fourth-order valence-corrected chi connectivity index (χ4v) is 3.06. The molecule has 3 rings (SSSR count). The summed E-state index contributed by atoms with van der Waals surface area (Å²) in [5.74, 6) is 2.33. The van der Waals surface area contributed by atoms with Gasteiger partial charge in [-0.15, -0.1) is 24.0 Å². The van der Waals surface area contributed by atoms with Crippen molar-refractivity contribution < 1.29 is 9.47 Å². The van der Waals surface area contributed by atoms with Crippen LogP contribution in [0.5, 0.6) is 11.5 Å². The first kappa shape index (κ1) is 19.1. The summed E-state index contributed by atoms with van der Waals surface area (Å²) < 4.78 is 11.3. The Morgan fingerprint density at radius 2 is 1.79 bits per heavy atom. The minimum atomic E-state index is -0.101. The van der Waals surface area contributed by atoms with E-state index in [2.05, 4.69) is 35.9 Å². The van der Waals surface area contributed by atoms with Crippen molar-refractivity contribution in [2.75, 3.05) is 32.8 Å². The number of likely N-dealkylation sites (tertiary alicyclic amines) is 1. The molecule has 5 nitrogen and oxygen atoms in total. The van der Waals surface area contributed by atoms with Crippen LogP contribution in [0.2, 0.25) is 0 Å². The quantitative estimate of drug-likeness (QED) is 0.441. The number of hydrogen-bond acceptors (Lipinski definition) is 3. The van der Waals surface area contributed by atoms with Crippen molar-refractivity contribution in [3.63, 3.8) is 0 Å². The Hall–Kier alpha value is -1.18. The second-order valence-electron chi connectivity index (χ2n) is 6.96. The van der Waals surface area contributed by atoms with Gasteiger partial charge in [-0.1, -0.05) is 19.9 Å². The zero-order chi connectivity index (χ0) is 16.3. The van der Waals surface area contributed by atoms with E-state index in [1.165, 1.54) is 24.8 Å². The highest BCUT2D eigenvalue weighted by Crippen LogP contribution is 2.35. The van der Waals surface area contributed by atoms with Crippen molar-refractivity contribution in [2.24, 2.45) is 10.7 Å². The van der Waals surface area contributed by atoms with E-state index in [-0.39, 0.29) is 29.4 Å². The van der Waals surface area contributed by atoms with E-state index in [1.807, 2.05) is 6.07 Å². The molecule has 134 valence electrons. The molecule has 0 aromatic heterocycles. The third-order valence-corrected chi connectivity index (χ3v) is 4.64. The van der Waals surface area contributed by atoms with Crippen LogP contribution >= 0.6 is 24.0 Å². The Labute approximate surface area is 161 Å². The van der Waals surface area contributed by atoms with Gasteiger partial charge in [0, 0.05) is 18.5 Å². The summed E-state index contributed by atoms with van der Waals surface area (Å²) in [4.78, 5) is 6.85. The van der Waals surface area contributed by atoms with Gasteiger partial charge < -0.3 is 20.1 Å². The highest BCUT2D eigenvalue weighted by atomic mass is 127. The number of nitrogens with zero attached hydrogens (tertiary/aromatic N) is 2. The van der Waals surface area contributed by atoms with Gasteiger partial charge in [-0.3, -0.25) is 4.99 Å². The van der Waals surface area contributed by atoms with E-state index in [0.717, 1.165) is 24.6 Å². The van der Waals surface area contributed by atoms with Gasteiger partial charge in [0.1, 0.15) is 13.2 Å². The van der Waals surface area contributed by atoms with Crippen LogP contribution in [0.1, 0.15) is 38.7 Å². The third kappa shape index (κ3) is 4.46. The molecule has 0 bridgehead atoms. The predicted octanol–water partition coefficient (Wildman–Crippen LogP) is 3.15. The van der Waals surface area contributed by atoms with E-state index >= 15 is 0 Å². The maximum atomic E-state index is 6.18. The average Bonchev–Trinajstić information content (AvgIpc) is 2.60. The maximum Gasteiger partial charge on any atom is 0.191 e. The van der Waals surface area contributed by atoms with Crippen LogP contribution in [0.4, 0.5) is 0 Å². The lowest BCUT2D eigenvalue weighted by Crippen LogP contribution is -2.41. The Morgan fingerprint density at radius 3 is 2.50 bits per heavy atom. The second-order valence-corrected chi connectivity index (χ2v) is 6.96. The third-order valence-electron chi connectivity index (χ3n) is 4.64. The van der Waals surface area contributed by atoms with Crippen LogP contribution in [-0.4, -0.2) is 43.7 Å². The van der Waals surface area contributed by atoms with E-state index in [9.17, 15) is 0 Å². The summed E-state index contributed by atoms with van der Waals surface area (Å²) in [6.07, 6.45) is 3.72. The summed E-state index contributed by atoms with van der Waals surface area (Å²) in [5.41, 5.74) is 7.27. The molecule has 6 heteroatoms. The van der Waals surface area contributed by atoms with E-state index < -0.39 is 0 Å². The van der Waals surface area contributed by atoms with Gasteiger partial charge in [0.2, 0.25) is 0 Å². The molecular formula is C18H28IN3O2. The summed E-state index contributed by atoms with van der Waals surface area (Å²) >= 11 is 0. The Balaban J connectivity index is 0.00000208. The van der Waals surface area contributed by atoms with Gasteiger partial charge in [-0.2, -0.15) is 0 Å². The van der Waals surface area contributed by atoms with Crippen molar-refractivity contribution in [3.8, 4) is 11.5 Å². The molecule has 1 aromatic carbocycles. The minimum Gasteiger partial charge on any atom is -0.486 e. The van der Waals surface area contributed by atoms with Crippen LogP contribution in [0.15, 0.2) is 23.2 Å². The van der Waals surface area contributed by atoms with Crippen LogP contribution < -0.4 is 15.2 Å². The number of fused-ring (bicyclic) bond motifs is 1. The van der Waals surface area contributed by atoms with Gasteiger partial charge in [0.25, 0.3) is 0 Å². The van der Waals surface area contributed by atoms with Gasteiger partial charge in [0.15, 0.2) is 17.5 Å². The van der Waals surface area contributed by atoms with Crippen LogP contribution in [0.25, 0.3) is 0 Å². The minimum absolute atomic E-state index is 0. The highest BCUT2D eigenvalue weighted by Gasteiger charge is 2.24. The van der Waals surface area contributed by atoms with Crippen LogP contribution in [0.3, 0.4) is 0 Å². The summed E-state index contributed by atoms with van der Waals surface area (Å²) in [6, 6.07) is 6.16. The molecule has 2 heterocycles. The molecule has 0 radical (unpaired) electrons. The number of rotatable bonds is 3. The largest absolute Gasteiger partial charge is 0.486 e. The molecule has 2 N–H and O–H groups in total. The topological polar surface area (TPSA) is 60.1 Å². The first-order valence-corrected chi connectivity index (χ1v) is 8.51. The first-order chi connectivity index (χ1) is 11.1. The predicted molar refractivity (Wildman–Crippen MR) is 108 cm³/mol. The fourth-order valence-electron chi connectivity index (χ4n) is 3.06. The van der Waals surface area contributed by atoms with Crippen molar-refractivity contribution >= 4 is 29.9 Å². The second kappa shape index (κ2) is 8.27. The van der Waals surface area contributed by atoms with Crippen LogP contribution in [-0.2, 0) is 5.41 Å². The van der Waals surface area contributed by atoms with Crippen molar-refractivity contribution in [1.29, 1.82) is 0 Å². The van der Waals surface area contributed by atoms with Gasteiger partial charge in [-0.25, -0.2) is 0 Å². The lowest BCUT2D eigenvalue weighted by atomic mass is 9.84. The highest BCUT2D eigenvalue weighted by molar-refractivity contribution is 14.0. The standard InChI is InChI=1S/C18H27N3O2.HI/c1-18(2,13-20-17(19)21-8-4-3-5-9-21)14-6-7-15-16(12-14)23-11-10-22-15;/h6-7,12H,3-5,8-11,13H2,1-2H3,(H2,19,20);1H. The number of hydrogen-bond donors (Lipinski definition) is 1. The average molecular weight is 445 g/mol. The molecule has 2 aliphatic rings. The molecule has 0 aliphatic carbocycles. The molecule has 0 saturated carbocycles. The summed E-state index contributed by atoms with van der Waals surface area (Å²) in [7, 11) is 0. The SMILES string of the molecule is CC(C)(CN=C(N)N1CCCCC1)c1ccc2c(c1)OCCO2.I. The van der Waals surface area contributed by atoms with Crippen molar-refractivity contribution in [3.05, 3.63) is 23.8 Å². The molecule has 24 heavy (non-hydrogen) atoms. The smallest absolute Gasteiger partial charge is 0.191 e. The number of aliphatic imine (C=N–C) groups is 1.